The van der Waals surface area contributed by atoms with Crippen molar-refractivity contribution >= 4 is 18.1 Å². The minimum absolute atomic E-state index is 0.336. The van der Waals surface area contributed by atoms with Gasteiger partial charge in [-0.05, 0) is 23.1 Å². The maximum absolute atomic E-state index is 10.8. The summed E-state index contributed by atoms with van der Waals surface area (Å²) in [4.78, 5) is 10.8. The van der Waals surface area contributed by atoms with E-state index in [0.717, 1.165) is 16.7 Å². The predicted molar refractivity (Wildman–Crippen MR) is 81.1 cm³/mol. The van der Waals surface area contributed by atoms with Gasteiger partial charge in [-0.25, -0.2) is 0 Å². The summed E-state index contributed by atoms with van der Waals surface area (Å²) in [7, 11) is 0. The minimum atomic E-state index is -0.977. The average molecular weight is 267 g/mol. The molecule has 2 aromatic rings. The summed E-state index contributed by atoms with van der Waals surface area (Å²) in [6.45, 7) is 0. The standard InChI is InChI=1S/C17H17NO2/c18-16(17(19)20)12-15-8-4-7-14(11-15)10-9-13-5-2-1-3-6-13/h1-11,16H,12,18H2,(H,19,20)/t16-/m0/s1. The van der Waals surface area contributed by atoms with Gasteiger partial charge in [-0.15, -0.1) is 0 Å². The largest absolute Gasteiger partial charge is 0.480 e. The Kier molecular flexibility index (Phi) is 4.69. The maximum Gasteiger partial charge on any atom is 0.320 e. The second-order valence-corrected chi connectivity index (χ2v) is 4.64. The molecule has 0 amide bonds. The summed E-state index contributed by atoms with van der Waals surface area (Å²) >= 11 is 0. The summed E-state index contributed by atoms with van der Waals surface area (Å²) < 4.78 is 0. The van der Waals surface area contributed by atoms with Gasteiger partial charge in [0, 0.05) is 0 Å². The molecule has 3 heteroatoms. The second-order valence-electron chi connectivity index (χ2n) is 4.64. The molecule has 0 fully saturated rings. The summed E-state index contributed by atoms with van der Waals surface area (Å²) in [6.07, 6.45) is 4.36. The number of carboxylic acids is 1. The lowest BCUT2D eigenvalue weighted by molar-refractivity contribution is -0.138. The van der Waals surface area contributed by atoms with Gasteiger partial charge in [0.05, 0.1) is 0 Å². The van der Waals surface area contributed by atoms with Crippen LogP contribution in [0.25, 0.3) is 12.2 Å². The molecule has 2 rings (SSSR count). The number of benzene rings is 2. The van der Waals surface area contributed by atoms with Crippen LogP contribution in [-0.4, -0.2) is 17.1 Å². The van der Waals surface area contributed by atoms with Crippen LogP contribution in [0.2, 0.25) is 0 Å². The van der Waals surface area contributed by atoms with Crippen LogP contribution < -0.4 is 5.73 Å². The van der Waals surface area contributed by atoms with Crippen LogP contribution in [-0.2, 0) is 11.2 Å². The van der Waals surface area contributed by atoms with Gasteiger partial charge in [0.2, 0.25) is 0 Å². The monoisotopic (exact) mass is 267 g/mol. The second kappa shape index (κ2) is 6.68. The van der Waals surface area contributed by atoms with Crippen molar-refractivity contribution in [2.75, 3.05) is 0 Å². The zero-order valence-corrected chi connectivity index (χ0v) is 11.1. The van der Waals surface area contributed by atoms with Crippen LogP contribution in [0.15, 0.2) is 54.6 Å². The van der Waals surface area contributed by atoms with Crippen LogP contribution in [0.1, 0.15) is 16.7 Å². The predicted octanol–water partition coefficient (Wildman–Crippen LogP) is 2.81. The molecule has 1 atom stereocenters. The van der Waals surface area contributed by atoms with E-state index in [4.69, 9.17) is 10.8 Å². The summed E-state index contributed by atoms with van der Waals surface area (Å²) in [6, 6.07) is 16.9. The Hall–Kier alpha value is -2.39. The van der Waals surface area contributed by atoms with Crippen LogP contribution in [0.4, 0.5) is 0 Å². The van der Waals surface area contributed by atoms with Gasteiger partial charge in [0.25, 0.3) is 0 Å². The highest BCUT2D eigenvalue weighted by Gasteiger charge is 2.11. The lowest BCUT2D eigenvalue weighted by Gasteiger charge is -2.06. The number of aliphatic carboxylic acids is 1. The molecule has 0 saturated carbocycles. The zero-order valence-electron chi connectivity index (χ0n) is 11.1. The third-order valence-electron chi connectivity index (χ3n) is 2.99. The Bertz CT molecular complexity index is 605. The normalized spacial score (nSPS) is 12.4. The quantitative estimate of drug-likeness (QED) is 0.819. The number of nitrogens with two attached hydrogens (primary N) is 1. The third kappa shape index (κ3) is 4.07. The molecule has 20 heavy (non-hydrogen) atoms. The molecule has 0 spiro atoms. The van der Waals surface area contributed by atoms with E-state index in [1.165, 1.54) is 0 Å². The molecule has 0 aliphatic rings. The number of carbonyl (C=O) groups is 1. The highest BCUT2D eigenvalue weighted by Crippen LogP contribution is 2.11. The molecule has 0 bridgehead atoms. The average Bonchev–Trinajstić information content (AvgIpc) is 2.46. The smallest absolute Gasteiger partial charge is 0.320 e. The first-order chi connectivity index (χ1) is 9.65. The van der Waals surface area contributed by atoms with Crippen molar-refractivity contribution in [1.82, 2.24) is 0 Å². The van der Waals surface area contributed by atoms with Crippen LogP contribution in [0.5, 0.6) is 0 Å². The van der Waals surface area contributed by atoms with Gasteiger partial charge in [-0.3, -0.25) is 4.79 Å². The molecule has 0 unspecified atom stereocenters. The maximum atomic E-state index is 10.8. The van der Waals surface area contributed by atoms with Crippen LogP contribution in [0, 0.1) is 0 Å². The molecular weight excluding hydrogens is 250 g/mol. The van der Waals surface area contributed by atoms with E-state index in [-0.39, 0.29) is 0 Å². The highest BCUT2D eigenvalue weighted by atomic mass is 16.4. The molecule has 0 radical (unpaired) electrons. The lowest BCUT2D eigenvalue weighted by Crippen LogP contribution is -2.32. The van der Waals surface area contributed by atoms with E-state index in [1.54, 1.807) is 0 Å². The number of rotatable bonds is 5. The molecule has 102 valence electrons. The fourth-order valence-corrected chi connectivity index (χ4v) is 1.92. The van der Waals surface area contributed by atoms with Gasteiger partial charge in [0.15, 0.2) is 0 Å². The Morgan fingerprint density at radius 2 is 1.70 bits per heavy atom. The first-order valence-corrected chi connectivity index (χ1v) is 6.45. The Balaban J connectivity index is 2.10. The van der Waals surface area contributed by atoms with Crippen molar-refractivity contribution in [2.45, 2.75) is 12.5 Å². The Morgan fingerprint density at radius 3 is 2.40 bits per heavy atom. The molecule has 0 heterocycles. The molecule has 0 saturated heterocycles. The Labute approximate surface area is 118 Å². The Morgan fingerprint density at radius 1 is 1.05 bits per heavy atom. The summed E-state index contributed by atoms with van der Waals surface area (Å²) in [5.41, 5.74) is 8.63. The molecule has 2 aromatic carbocycles. The van der Waals surface area contributed by atoms with Gasteiger partial charge >= 0.3 is 5.97 Å². The van der Waals surface area contributed by atoms with E-state index in [0.29, 0.717) is 6.42 Å². The van der Waals surface area contributed by atoms with Crippen molar-refractivity contribution in [2.24, 2.45) is 5.73 Å². The van der Waals surface area contributed by atoms with Gasteiger partial charge in [-0.2, -0.15) is 0 Å². The van der Waals surface area contributed by atoms with Crippen LogP contribution >= 0.6 is 0 Å². The molecule has 3 N–H and O–H groups in total. The summed E-state index contributed by atoms with van der Waals surface area (Å²) in [5, 5.41) is 8.83. The molecular formula is C17H17NO2. The summed E-state index contributed by atoms with van der Waals surface area (Å²) in [5.74, 6) is -0.977. The lowest BCUT2D eigenvalue weighted by atomic mass is 10.0. The van der Waals surface area contributed by atoms with Crippen molar-refractivity contribution in [3.63, 3.8) is 0 Å². The SMILES string of the molecule is N[C@@H](Cc1cccc(C=Cc2ccccc2)c1)C(=O)O. The minimum Gasteiger partial charge on any atom is -0.480 e. The fraction of sp³-hybridized carbons (Fsp3) is 0.118. The van der Waals surface area contributed by atoms with Gasteiger partial charge < -0.3 is 10.8 Å². The van der Waals surface area contributed by atoms with E-state index >= 15 is 0 Å². The van der Waals surface area contributed by atoms with E-state index in [2.05, 4.69) is 0 Å². The van der Waals surface area contributed by atoms with Crippen molar-refractivity contribution < 1.29 is 9.90 Å². The molecule has 0 aliphatic carbocycles. The topological polar surface area (TPSA) is 63.3 Å². The van der Waals surface area contributed by atoms with Gasteiger partial charge in [0.1, 0.15) is 6.04 Å². The van der Waals surface area contributed by atoms with E-state index in [9.17, 15) is 4.79 Å². The van der Waals surface area contributed by atoms with Crippen LogP contribution in [0.3, 0.4) is 0 Å². The van der Waals surface area contributed by atoms with Crippen molar-refractivity contribution in [1.29, 1.82) is 0 Å². The van der Waals surface area contributed by atoms with Crippen molar-refractivity contribution in [3.8, 4) is 0 Å². The van der Waals surface area contributed by atoms with Crippen molar-refractivity contribution in [3.05, 3.63) is 71.3 Å². The van der Waals surface area contributed by atoms with Gasteiger partial charge in [-0.1, -0.05) is 66.7 Å². The first-order valence-electron chi connectivity index (χ1n) is 6.45. The number of hydrogen-bond donors (Lipinski definition) is 2. The fourth-order valence-electron chi connectivity index (χ4n) is 1.92. The number of hydrogen-bond acceptors (Lipinski definition) is 2. The molecule has 3 nitrogen and oxygen atoms in total. The molecule has 0 aliphatic heterocycles. The van der Waals surface area contributed by atoms with E-state index < -0.39 is 12.0 Å². The zero-order chi connectivity index (χ0) is 14.4. The van der Waals surface area contributed by atoms with E-state index in [1.807, 2.05) is 66.7 Å². The number of carboxylic acid groups (broad SMARTS) is 1. The first kappa shape index (κ1) is 14.0. The molecule has 0 aromatic heterocycles. The third-order valence-corrected chi connectivity index (χ3v) is 2.99. The highest BCUT2D eigenvalue weighted by molar-refractivity contribution is 5.74.